The number of rotatable bonds is 6. The Morgan fingerprint density at radius 3 is 2.79 bits per heavy atom. The van der Waals surface area contributed by atoms with Gasteiger partial charge in [-0.1, -0.05) is 0 Å². The number of carbonyl (C=O) groups excluding carboxylic acids is 1. The molecule has 4 nitrogen and oxygen atoms in total. The molecule has 0 radical (unpaired) electrons. The molecule has 19 heavy (non-hydrogen) atoms. The number of esters is 1. The van der Waals surface area contributed by atoms with Crippen LogP contribution in [0.2, 0.25) is 0 Å². The SMILES string of the molecule is COC(=O)c1ccc(C(C)NCCSC(F)(F)F)o1. The molecular weight excluding hydrogens is 283 g/mol. The molecule has 1 aromatic heterocycles. The van der Waals surface area contributed by atoms with Gasteiger partial charge in [-0.2, -0.15) is 13.2 Å². The van der Waals surface area contributed by atoms with Crippen molar-refractivity contribution in [1.29, 1.82) is 0 Å². The van der Waals surface area contributed by atoms with Crippen molar-refractivity contribution < 1.29 is 27.1 Å². The molecule has 0 bridgehead atoms. The Hall–Kier alpha value is -1.15. The van der Waals surface area contributed by atoms with E-state index in [9.17, 15) is 18.0 Å². The normalized spacial score (nSPS) is 13.3. The monoisotopic (exact) mass is 297 g/mol. The fraction of sp³-hybridized carbons (Fsp3) is 0.545. The summed E-state index contributed by atoms with van der Waals surface area (Å²) < 4.78 is 45.4. The van der Waals surface area contributed by atoms with Gasteiger partial charge in [0, 0.05) is 12.3 Å². The van der Waals surface area contributed by atoms with Crippen molar-refractivity contribution in [2.75, 3.05) is 19.4 Å². The number of nitrogens with one attached hydrogen (secondary N) is 1. The van der Waals surface area contributed by atoms with E-state index in [4.69, 9.17) is 4.42 Å². The molecular formula is C11H14F3NO3S. The van der Waals surface area contributed by atoms with Crippen LogP contribution in [0.25, 0.3) is 0 Å². The molecule has 0 aliphatic rings. The number of thioether (sulfide) groups is 1. The molecule has 1 heterocycles. The van der Waals surface area contributed by atoms with Crippen molar-refractivity contribution in [2.45, 2.75) is 18.5 Å². The van der Waals surface area contributed by atoms with Crippen LogP contribution in [-0.2, 0) is 4.74 Å². The summed E-state index contributed by atoms with van der Waals surface area (Å²) in [5, 5.41) is 2.88. The molecule has 0 saturated carbocycles. The Morgan fingerprint density at radius 2 is 2.21 bits per heavy atom. The zero-order valence-electron chi connectivity index (χ0n) is 10.4. The van der Waals surface area contributed by atoms with E-state index in [1.54, 1.807) is 13.0 Å². The van der Waals surface area contributed by atoms with Gasteiger partial charge in [0.2, 0.25) is 5.76 Å². The van der Waals surface area contributed by atoms with E-state index >= 15 is 0 Å². The molecule has 8 heteroatoms. The van der Waals surface area contributed by atoms with Crippen molar-refractivity contribution in [2.24, 2.45) is 0 Å². The van der Waals surface area contributed by atoms with Crippen molar-refractivity contribution in [3.05, 3.63) is 23.7 Å². The average molecular weight is 297 g/mol. The number of furan rings is 1. The number of halogens is 3. The number of ether oxygens (including phenoxy) is 1. The van der Waals surface area contributed by atoms with Crippen LogP contribution in [0.4, 0.5) is 13.2 Å². The molecule has 0 aromatic carbocycles. The van der Waals surface area contributed by atoms with Crippen LogP contribution in [0.1, 0.15) is 29.3 Å². The van der Waals surface area contributed by atoms with Crippen LogP contribution in [0, 0.1) is 0 Å². The Balaban J connectivity index is 2.39. The number of methoxy groups -OCH3 is 1. The van der Waals surface area contributed by atoms with Gasteiger partial charge < -0.3 is 14.5 Å². The molecule has 1 rings (SSSR count). The fourth-order valence-corrected chi connectivity index (χ4v) is 1.79. The Bertz CT molecular complexity index is 420. The summed E-state index contributed by atoms with van der Waals surface area (Å²) >= 11 is -0.0828. The summed E-state index contributed by atoms with van der Waals surface area (Å²) in [6, 6.07) is 2.76. The maximum Gasteiger partial charge on any atom is 0.441 e. The van der Waals surface area contributed by atoms with Crippen molar-refractivity contribution in [1.82, 2.24) is 5.32 Å². The minimum atomic E-state index is -4.21. The van der Waals surface area contributed by atoms with E-state index in [1.165, 1.54) is 13.2 Å². The summed E-state index contributed by atoms with van der Waals surface area (Å²) in [6.07, 6.45) is 0. The van der Waals surface area contributed by atoms with Gasteiger partial charge in [0.15, 0.2) is 0 Å². The lowest BCUT2D eigenvalue weighted by atomic mass is 10.2. The third-order valence-corrected chi connectivity index (χ3v) is 2.99. The van der Waals surface area contributed by atoms with E-state index < -0.39 is 11.5 Å². The van der Waals surface area contributed by atoms with E-state index in [0.717, 1.165) is 0 Å². The summed E-state index contributed by atoms with van der Waals surface area (Å²) in [5.74, 6) is -0.141. The smallest absolute Gasteiger partial charge is 0.441 e. The van der Waals surface area contributed by atoms with Gasteiger partial charge in [-0.3, -0.25) is 0 Å². The van der Waals surface area contributed by atoms with Gasteiger partial charge in [0.25, 0.3) is 0 Å². The van der Waals surface area contributed by atoms with Crippen LogP contribution < -0.4 is 5.32 Å². The molecule has 1 aromatic rings. The zero-order valence-corrected chi connectivity index (χ0v) is 11.2. The second kappa shape index (κ2) is 6.85. The molecule has 1 atom stereocenters. The fourth-order valence-electron chi connectivity index (χ4n) is 1.34. The zero-order chi connectivity index (χ0) is 14.5. The molecule has 1 unspecified atom stereocenters. The summed E-state index contributed by atoms with van der Waals surface area (Å²) in [4.78, 5) is 11.2. The van der Waals surface area contributed by atoms with Gasteiger partial charge in [0.1, 0.15) is 5.76 Å². The van der Waals surface area contributed by atoms with E-state index in [-0.39, 0.29) is 35.9 Å². The highest BCUT2D eigenvalue weighted by molar-refractivity contribution is 8.00. The Labute approximate surface area is 112 Å². The summed E-state index contributed by atoms with van der Waals surface area (Å²) in [5.41, 5.74) is -4.21. The maximum atomic E-state index is 11.9. The summed E-state index contributed by atoms with van der Waals surface area (Å²) in [7, 11) is 1.24. The highest BCUT2D eigenvalue weighted by atomic mass is 32.2. The standard InChI is InChI=1S/C11H14F3NO3S/c1-7(15-5-6-19-11(12,13)14)8-3-4-9(18-8)10(16)17-2/h3-4,7,15H,5-6H2,1-2H3. The first kappa shape index (κ1) is 15.9. The number of hydrogen-bond acceptors (Lipinski definition) is 5. The molecule has 0 spiro atoms. The molecule has 0 amide bonds. The first-order chi connectivity index (χ1) is 8.83. The largest absolute Gasteiger partial charge is 0.463 e. The Kier molecular flexibility index (Phi) is 5.74. The highest BCUT2D eigenvalue weighted by Gasteiger charge is 2.27. The quantitative estimate of drug-likeness (QED) is 0.646. The predicted molar refractivity (Wildman–Crippen MR) is 65.0 cm³/mol. The van der Waals surface area contributed by atoms with Crippen molar-refractivity contribution in [3.8, 4) is 0 Å². The van der Waals surface area contributed by atoms with Gasteiger partial charge in [-0.05, 0) is 30.8 Å². The van der Waals surface area contributed by atoms with Gasteiger partial charge in [0.05, 0.1) is 13.2 Å². The van der Waals surface area contributed by atoms with E-state index in [2.05, 4.69) is 10.1 Å². The van der Waals surface area contributed by atoms with Crippen LogP contribution in [0.3, 0.4) is 0 Å². The second-order valence-electron chi connectivity index (χ2n) is 3.66. The first-order valence-corrected chi connectivity index (χ1v) is 6.44. The Morgan fingerprint density at radius 1 is 1.53 bits per heavy atom. The number of carbonyl (C=O) groups is 1. The van der Waals surface area contributed by atoms with Crippen LogP contribution in [0.15, 0.2) is 16.5 Å². The molecule has 0 saturated heterocycles. The molecule has 108 valence electrons. The molecule has 1 N–H and O–H groups in total. The first-order valence-electron chi connectivity index (χ1n) is 5.45. The lowest BCUT2D eigenvalue weighted by Crippen LogP contribution is -2.22. The van der Waals surface area contributed by atoms with Gasteiger partial charge in [-0.15, -0.1) is 0 Å². The topological polar surface area (TPSA) is 51.5 Å². The molecule has 0 aliphatic heterocycles. The van der Waals surface area contributed by atoms with Crippen LogP contribution >= 0.6 is 11.8 Å². The average Bonchev–Trinajstić information content (AvgIpc) is 2.81. The van der Waals surface area contributed by atoms with Crippen molar-refractivity contribution >= 4 is 17.7 Å². The third kappa shape index (κ3) is 5.56. The van der Waals surface area contributed by atoms with Gasteiger partial charge in [-0.25, -0.2) is 4.79 Å². The summed E-state index contributed by atoms with van der Waals surface area (Å²) in [6.45, 7) is 1.91. The van der Waals surface area contributed by atoms with Crippen LogP contribution in [0.5, 0.6) is 0 Å². The minimum Gasteiger partial charge on any atom is -0.463 e. The van der Waals surface area contributed by atoms with Gasteiger partial charge >= 0.3 is 11.5 Å². The highest BCUT2D eigenvalue weighted by Crippen LogP contribution is 2.29. The number of alkyl halides is 3. The molecule has 0 aliphatic carbocycles. The lowest BCUT2D eigenvalue weighted by molar-refractivity contribution is -0.0327. The molecule has 0 fully saturated rings. The van der Waals surface area contributed by atoms with E-state index in [1.807, 2.05) is 0 Å². The van der Waals surface area contributed by atoms with Crippen LogP contribution in [-0.4, -0.2) is 30.9 Å². The maximum absolute atomic E-state index is 11.9. The second-order valence-corrected chi connectivity index (χ2v) is 4.82. The third-order valence-electron chi connectivity index (χ3n) is 2.26. The minimum absolute atomic E-state index is 0.0656. The lowest BCUT2D eigenvalue weighted by Gasteiger charge is -2.11. The number of hydrogen-bond donors (Lipinski definition) is 1. The van der Waals surface area contributed by atoms with E-state index in [0.29, 0.717) is 5.76 Å². The predicted octanol–water partition coefficient (Wildman–Crippen LogP) is 2.97. The van der Waals surface area contributed by atoms with Crippen molar-refractivity contribution in [3.63, 3.8) is 0 Å².